The summed E-state index contributed by atoms with van der Waals surface area (Å²) in [7, 11) is -3.19. The minimum Gasteiger partial charge on any atom is -0.398 e. The molecule has 9 heteroatoms. The highest BCUT2D eigenvalue weighted by Gasteiger charge is 2.33. The molecule has 1 saturated heterocycles. The first-order valence-corrected chi connectivity index (χ1v) is 7.89. The van der Waals surface area contributed by atoms with Crippen LogP contribution in [0.3, 0.4) is 0 Å². The normalized spacial score (nSPS) is 21.2. The van der Waals surface area contributed by atoms with Gasteiger partial charge in [-0.25, -0.2) is 8.42 Å². The first-order chi connectivity index (χ1) is 9.58. The van der Waals surface area contributed by atoms with Gasteiger partial charge in [-0.05, 0) is 24.6 Å². The Morgan fingerprint density at radius 3 is 2.52 bits per heavy atom. The average Bonchev–Trinajstić information content (AvgIpc) is 2.67. The van der Waals surface area contributed by atoms with Crippen LogP contribution >= 0.6 is 0 Å². The molecule has 1 aromatic carbocycles. The molecule has 0 saturated carbocycles. The van der Waals surface area contributed by atoms with Gasteiger partial charge >= 0.3 is 6.18 Å². The topological polar surface area (TPSA) is 89.3 Å². The minimum atomic E-state index is -4.58. The number of carbonyl (C=O) groups is 1. The van der Waals surface area contributed by atoms with Crippen molar-refractivity contribution in [1.82, 2.24) is 5.32 Å². The zero-order valence-electron chi connectivity index (χ0n) is 10.8. The lowest BCUT2D eigenvalue weighted by Gasteiger charge is -2.14. The van der Waals surface area contributed by atoms with E-state index in [1.807, 2.05) is 0 Å². The van der Waals surface area contributed by atoms with Crippen LogP contribution in [-0.4, -0.2) is 31.9 Å². The van der Waals surface area contributed by atoms with Crippen molar-refractivity contribution in [2.24, 2.45) is 0 Å². The van der Waals surface area contributed by atoms with Gasteiger partial charge < -0.3 is 11.1 Å². The number of sulfone groups is 1. The third-order valence-electron chi connectivity index (χ3n) is 3.19. The Morgan fingerprint density at radius 1 is 1.33 bits per heavy atom. The predicted molar refractivity (Wildman–Crippen MR) is 70.4 cm³/mol. The van der Waals surface area contributed by atoms with E-state index >= 15 is 0 Å². The number of alkyl halides is 3. The van der Waals surface area contributed by atoms with Crippen molar-refractivity contribution in [3.63, 3.8) is 0 Å². The number of nitrogens with two attached hydrogens (primary N) is 1. The van der Waals surface area contributed by atoms with E-state index in [4.69, 9.17) is 5.73 Å². The number of hydrogen-bond donors (Lipinski definition) is 2. The molecule has 1 unspecified atom stereocenters. The molecule has 1 amide bonds. The average molecular weight is 322 g/mol. The van der Waals surface area contributed by atoms with Crippen LogP contribution < -0.4 is 11.1 Å². The van der Waals surface area contributed by atoms with Crippen molar-refractivity contribution in [3.05, 3.63) is 29.3 Å². The van der Waals surface area contributed by atoms with E-state index in [0.29, 0.717) is 6.07 Å². The first kappa shape index (κ1) is 15.6. The fourth-order valence-corrected chi connectivity index (χ4v) is 3.77. The Morgan fingerprint density at radius 2 is 2.00 bits per heavy atom. The second-order valence-corrected chi connectivity index (χ2v) is 7.10. The Labute approximate surface area is 119 Å². The Bertz CT molecular complexity index is 671. The van der Waals surface area contributed by atoms with Crippen LogP contribution in [0, 0.1) is 0 Å². The van der Waals surface area contributed by atoms with Crippen molar-refractivity contribution in [2.45, 2.75) is 18.6 Å². The Hall–Kier alpha value is -1.77. The van der Waals surface area contributed by atoms with Gasteiger partial charge in [0.05, 0.1) is 22.6 Å². The van der Waals surface area contributed by atoms with Gasteiger partial charge in [0.1, 0.15) is 0 Å². The van der Waals surface area contributed by atoms with Crippen LogP contribution in [-0.2, 0) is 16.0 Å². The van der Waals surface area contributed by atoms with E-state index in [0.717, 1.165) is 12.1 Å². The number of nitrogen functional groups attached to an aromatic ring is 1. The molecule has 21 heavy (non-hydrogen) atoms. The third kappa shape index (κ3) is 3.66. The van der Waals surface area contributed by atoms with Crippen molar-refractivity contribution in [1.29, 1.82) is 0 Å². The third-order valence-corrected chi connectivity index (χ3v) is 4.96. The molecule has 0 aromatic heterocycles. The zero-order valence-corrected chi connectivity index (χ0v) is 11.6. The van der Waals surface area contributed by atoms with Crippen LogP contribution in [0.1, 0.15) is 22.3 Å². The summed E-state index contributed by atoms with van der Waals surface area (Å²) in [4.78, 5) is 12.0. The smallest absolute Gasteiger partial charge is 0.398 e. The molecule has 0 aliphatic carbocycles. The zero-order chi connectivity index (χ0) is 15.8. The molecule has 5 nitrogen and oxygen atoms in total. The fourth-order valence-electron chi connectivity index (χ4n) is 2.10. The second-order valence-electron chi connectivity index (χ2n) is 4.87. The van der Waals surface area contributed by atoms with E-state index < -0.39 is 33.5 Å². The minimum absolute atomic E-state index is 0.0456. The van der Waals surface area contributed by atoms with Gasteiger partial charge in [0, 0.05) is 11.7 Å². The van der Waals surface area contributed by atoms with E-state index in [-0.39, 0.29) is 29.2 Å². The van der Waals surface area contributed by atoms with Crippen molar-refractivity contribution in [3.8, 4) is 0 Å². The Balaban J connectivity index is 2.19. The lowest BCUT2D eigenvalue weighted by atomic mass is 10.1. The molecular formula is C12H13F3N2O3S. The summed E-state index contributed by atoms with van der Waals surface area (Å²) in [6, 6.07) is 1.85. The summed E-state index contributed by atoms with van der Waals surface area (Å²) >= 11 is 0. The molecule has 1 fully saturated rings. The number of hydrogen-bond acceptors (Lipinski definition) is 4. The molecule has 116 valence electrons. The summed E-state index contributed by atoms with van der Waals surface area (Å²) < 4.78 is 60.4. The van der Waals surface area contributed by atoms with E-state index in [2.05, 4.69) is 5.32 Å². The van der Waals surface area contributed by atoms with Crippen molar-refractivity contribution >= 4 is 21.4 Å². The van der Waals surface area contributed by atoms with E-state index in [1.165, 1.54) is 0 Å². The highest BCUT2D eigenvalue weighted by Crippen LogP contribution is 2.31. The van der Waals surface area contributed by atoms with Gasteiger partial charge in [-0.2, -0.15) is 13.2 Å². The first-order valence-electron chi connectivity index (χ1n) is 6.06. The highest BCUT2D eigenvalue weighted by molar-refractivity contribution is 7.91. The monoisotopic (exact) mass is 322 g/mol. The molecule has 2 rings (SSSR count). The summed E-state index contributed by atoms with van der Waals surface area (Å²) in [5, 5.41) is 2.40. The van der Waals surface area contributed by atoms with Gasteiger partial charge in [0.2, 0.25) is 0 Å². The highest BCUT2D eigenvalue weighted by atomic mass is 32.2. The Kier molecular flexibility index (Phi) is 3.87. The van der Waals surface area contributed by atoms with E-state index in [1.54, 1.807) is 0 Å². The largest absolute Gasteiger partial charge is 0.416 e. The maximum Gasteiger partial charge on any atom is 0.416 e. The van der Waals surface area contributed by atoms with Crippen LogP contribution in [0.25, 0.3) is 0 Å². The maximum absolute atomic E-state index is 12.6. The quantitative estimate of drug-likeness (QED) is 0.801. The lowest BCUT2D eigenvalue weighted by Crippen LogP contribution is -2.36. The molecule has 3 N–H and O–H groups in total. The predicted octanol–water partition coefficient (Wildman–Crippen LogP) is 1.20. The van der Waals surface area contributed by atoms with Gasteiger partial charge in [0.15, 0.2) is 9.84 Å². The number of halogens is 3. The fraction of sp³-hybridized carbons (Fsp3) is 0.417. The van der Waals surface area contributed by atoms with E-state index in [9.17, 15) is 26.4 Å². The van der Waals surface area contributed by atoms with Gasteiger partial charge in [0.25, 0.3) is 5.91 Å². The molecule has 1 atom stereocenters. The molecule has 0 bridgehead atoms. The van der Waals surface area contributed by atoms with Crippen LogP contribution in [0.15, 0.2) is 18.2 Å². The summed E-state index contributed by atoms with van der Waals surface area (Å²) in [6.45, 7) is 0. The van der Waals surface area contributed by atoms with Crippen LogP contribution in [0.4, 0.5) is 18.9 Å². The van der Waals surface area contributed by atoms with Crippen molar-refractivity contribution < 1.29 is 26.4 Å². The molecule has 0 spiro atoms. The van der Waals surface area contributed by atoms with Crippen LogP contribution in [0.5, 0.6) is 0 Å². The van der Waals surface area contributed by atoms with Gasteiger partial charge in [-0.1, -0.05) is 0 Å². The van der Waals surface area contributed by atoms with Crippen molar-refractivity contribution in [2.75, 3.05) is 17.2 Å². The summed E-state index contributed by atoms with van der Waals surface area (Å²) in [5.41, 5.74) is 4.12. The number of anilines is 1. The number of nitrogens with one attached hydrogen (secondary N) is 1. The standard InChI is InChI=1S/C12H13F3N2O3S/c13-12(14,15)7-1-2-10(16)9(5-7)11(18)17-8-3-4-21(19,20)6-8/h1-2,5,8H,3-4,6,16H2,(H,17,18). The number of rotatable bonds is 2. The molecule has 1 heterocycles. The number of amides is 1. The number of benzene rings is 1. The number of carbonyl (C=O) groups excluding carboxylic acids is 1. The van der Waals surface area contributed by atoms with Crippen LogP contribution in [0.2, 0.25) is 0 Å². The summed E-state index contributed by atoms with van der Waals surface area (Å²) in [5.74, 6) is -1.06. The van der Waals surface area contributed by atoms with Gasteiger partial charge in [-0.3, -0.25) is 4.79 Å². The summed E-state index contributed by atoms with van der Waals surface area (Å²) in [6.07, 6.45) is -4.34. The molecule has 1 aromatic rings. The SMILES string of the molecule is Nc1ccc(C(F)(F)F)cc1C(=O)NC1CCS(=O)(=O)C1. The molecule has 1 aliphatic heterocycles. The molecule has 1 aliphatic rings. The van der Waals surface area contributed by atoms with Gasteiger partial charge in [-0.15, -0.1) is 0 Å². The molecule has 0 radical (unpaired) electrons. The lowest BCUT2D eigenvalue weighted by molar-refractivity contribution is -0.137. The second kappa shape index (κ2) is 5.21. The maximum atomic E-state index is 12.6. The molecular weight excluding hydrogens is 309 g/mol.